The molecule has 2 aromatic heterocycles. The second kappa shape index (κ2) is 5.74. The molecule has 0 atom stereocenters. The number of aryl methyl sites for hydroxylation is 2. The maximum atomic E-state index is 11.4. The SMILES string of the molecule is Cc1ccc2c(NC3CC(c4cc(=O)[nH]cn4)C3)ccnc2c1C. The van der Waals surface area contributed by atoms with E-state index >= 15 is 0 Å². The molecule has 0 amide bonds. The Morgan fingerprint density at radius 2 is 2.00 bits per heavy atom. The van der Waals surface area contributed by atoms with Gasteiger partial charge in [0.15, 0.2) is 0 Å². The summed E-state index contributed by atoms with van der Waals surface area (Å²) in [6.45, 7) is 4.23. The van der Waals surface area contributed by atoms with Crippen LogP contribution in [0.15, 0.2) is 41.6 Å². The van der Waals surface area contributed by atoms with Crippen molar-refractivity contribution in [2.24, 2.45) is 0 Å². The fraction of sp³-hybridized carbons (Fsp3) is 0.316. The zero-order valence-electron chi connectivity index (χ0n) is 13.8. The molecular weight excluding hydrogens is 300 g/mol. The van der Waals surface area contributed by atoms with E-state index in [2.05, 4.69) is 46.2 Å². The van der Waals surface area contributed by atoms with Crippen molar-refractivity contribution in [1.29, 1.82) is 0 Å². The zero-order valence-corrected chi connectivity index (χ0v) is 13.8. The average molecular weight is 320 g/mol. The highest BCUT2D eigenvalue weighted by atomic mass is 16.1. The van der Waals surface area contributed by atoms with Crippen LogP contribution in [0.1, 0.15) is 35.6 Å². The Bertz CT molecular complexity index is 957. The molecule has 0 spiro atoms. The maximum Gasteiger partial charge on any atom is 0.250 e. The van der Waals surface area contributed by atoms with Gasteiger partial charge in [-0.1, -0.05) is 12.1 Å². The summed E-state index contributed by atoms with van der Waals surface area (Å²) in [6, 6.07) is 8.34. The van der Waals surface area contributed by atoms with Crippen LogP contribution in [0.25, 0.3) is 10.9 Å². The number of pyridine rings is 1. The van der Waals surface area contributed by atoms with Crippen LogP contribution in [0, 0.1) is 13.8 Å². The van der Waals surface area contributed by atoms with E-state index in [4.69, 9.17) is 0 Å². The van der Waals surface area contributed by atoms with Gasteiger partial charge in [0, 0.05) is 35.3 Å². The first kappa shape index (κ1) is 14.9. The quantitative estimate of drug-likeness (QED) is 0.777. The molecule has 1 saturated carbocycles. The lowest BCUT2D eigenvalue weighted by molar-refractivity contribution is 0.367. The lowest BCUT2D eigenvalue weighted by atomic mass is 9.78. The smallest absolute Gasteiger partial charge is 0.250 e. The summed E-state index contributed by atoms with van der Waals surface area (Å²) in [5.41, 5.74) is 5.49. The molecule has 0 aliphatic heterocycles. The minimum Gasteiger partial charge on any atom is -0.382 e. The molecule has 2 heterocycles. The largest absolute Gasteiger partial charge is 0.382 e. The molecule has 2 N–H and O–H groups in total. The van der Waals surface area contributed by atoms with E-state index in [0.717, 1.165) is 29.7 Å². The van der Waals surface area contributed by atoms with Crippen LogP contribution >= 0.6 is 0 Å². The number of rotatable bonds is 3. The van der Waals surface area contributed by atoms with Crippen LogP contribution in [-0.4, -0.2) is 21.0 Å². The van der Waals surface area contributed by atoms with E-state index < -0.39 is 0 Å². The summed E-state index contributed by atoms with van der Waals surface area (Å²) < 4.78 is 0. The minimum atomic E-state index is -0.0811. The third-order valence-corrected chi connectivity index (χ3v) is 5.05. The number of hydrogen-bond donors (Lipinski definition) is 2. The number of anilines is 1. The van der Waals surface area contributed by atoms with Gasteiger partial charge in [-0.2, -0.15) is 0 Å². The number of aromatic nitrogens is 3. The first-order valence-corrected chi connectivity index (χ1v) is 8.28. The highest BCUT2D eigenvalue weighted by molar-refractivity contribution is 5.93. The molecule has 0 radical (unpaired) electrons. The summed E-state index contributed by atoms with van der Waals surface area (Å²) in [6.07, 6.45) is 5.33. The molecule has 1 aliphatic rings. The molecule has 5 heteroatoms. The minimum absolute atomic E-state index is 0.0811. The monoisotopic (exact) mass is 320 g/mol. The summed E-state index contributed by atoms with van der Waals surface area (Å²) in [7, 11) is 0. The Balaban J connectivity index is 1.53. The van der Waals surface area contributed by atoms with Gasteiger partial charge in [0.25, 0.3) is 5.56 Å². The summed E-state index contributed by atoms with van der Waals surface area (Å²) in [5, 5.41) is 4.79. The van der Waals surface area contributed by atoms with Gasteiger partial charge in [-0.3, -0.25) is 9.78 Å². The van der Waals surface area contributed by atoms with Crippen LogP contribution in [-0.2, 0) is 0 Å². The fourth-order valence-corrected chi connectivity index (χ4v) is 3.39. The molecular formula is C19H20N4O. The molecule has 24 heavy (non-hydrogen) atoms. The molecule has 1 aliphatic carbocycles. The highest BCUT2D eigenvalue weighted by Crippen LogP contribution is 2.38. The van der Waals surface area contributed by atoms with Crippen LogP contribution in [0.2, 0.25) is 0 Å². The highest BCUT2D eigenvalue weighted by Gasteiger charge is 2.31. The number of nitrogens with zero attached hydrogens (tertiary/aromatic N) is 2. The lowest BCUT2D eigenvalue weighted by Gasteiger charge is -2.36. The molecule has 5 nitrogen and oxygen atoms in total. The van der Waals surface area contributed by atoms with Gasteiger partial charge in [-0.15, -0.1) is 0 Å². The number of nitrogens with one attached hydrogen (secondary N) is 2. The van der Waals surface area contributed by atoms with Gasteiger partial charge in [0.1, 0.15) is 0 Å². The van der Waals surface area contributed by atoms with E-state index in [1.165, 1.54) is 22.8 Å². The van der Waals surface area contributed by atoms with E-state index in [1.54, 1.807) is 6.07 Å². The molecule has 1 aromatic carbocycles. The van der Waals surface area contributed by atoms with Crippen molar-refractivity contribution in [3.05, 3.63) is 64.0 Å². The van der Waals surface area contributed by atoms with Crippen molar-refractivity contribution in [2.75, 3.05) is 5.32 Å². The molecule has 3 aromatic rings. The normalized spacial score (nSPS) is 19.9. The Kier molecular flexibility index (Phi) is 3.56. The summed E-state index contributed by atoms with van der Waals surface area (Å²) in [4.78, 5) is 22.8. The molecule has 4 rings (SSSR count). The third-order valence-electron chi connectivity index (χ3n) is 5.05. The average Bonchev–Trinajstić information content (AvgIpc) is 2.54. The van der Waals surface area contributed by atoms with Crippen LogP contribution in [0.3, 0.4) is 0 Å². The van der Waals surface area contributed by atoms with Crippen molar-refractivity contribution in [1.82, 2.24) is 15.0 Å². The van der Waals surface area contributed by atoms with E-state index in [-0.39, 0.29) is 5.56 Å². The third kappa shape index (κ3) is 2.56. The van der Waals surface area contributed by atoms with Crippen molar-refractivity contribution in [3.8, 4) is 0 Å². The van der Waals surface area contributed by atoms with Crippen LogP contribution in [0.5, 0.6) is 0 Å². The second-order valence-electron chi connectivity index (χ2n) is 6.61. The molecule has 0 bridgehead atoms. The second-order valence-corrected chi connectivity index (χ2v) is 6.61. The Hall–Kier alpha value is -2.69. The number of H-pyrrole nitrogens is 1. The predicted molar refractivity (Wildman–Crippen MR) is 95.5 cm³/mol. The fourth-order valence-electron chi connectivity index (χ4n) is 3.39. The van der Waals surface area contributed by atoms with Crippen molar-refractivity contribution >= 4 is 16.6 Å². The predicted octanol–water partition coefficient (Wildman–Crippen LogP) is 3.29. The van der Waals surface area contributed by atoms with Crippen LogP contribution < -0.4 is 10.9 Å². The van der Waals surface area contributed by atoms with Crippen LogP contribution in [0.4, 0.5) is 5.69 Å². The van der Waals surface area contributed by atoms with Crippen molar-refractivity contribution in [2.45, 2.75) is 38.6 Å². The van der Waals surface area contributed by atoms with Gasteiger partial charge in [-0.05, 0) is 43.9 Å². The molecule has 1 fully saturated rings. The van der Waals surface area contributed by atoms with E-state index in [1.807, 2.05) is 12.3 Å². The van der Waals surface area contributed by atoms with Gasteiger partial charge >= 0.3 is 0 Å². The number of hydrogen-bond acceptors (Lipinski definition) is 4. The Morgan fingerprint density at radius 1 is 1.17 bits per heavy atom. The number of aromatic amines is 1. The topological polar surface area (TPSA) is 70.7 Å². The molecule has 122 valence electrons. The van der Waals surface area contributed by atoms with Gasteiger partial charge in [-0.25, -0.2) is 4.98 Å². The first-order valence-electron chi connectivity index (χ1n) is 8.28. The van der Waals surface area contributed by atoms with Crippen molar-refractivity contribution in [3.63, 3.8) is 0 Å². The van der Waals surface area contributed by atoms with E-state index in [0.29, 0.717) is 12.0 Å². The molecule has 0 saturated heterocycles. The van der Waals surface area contributed by atoms with Gasteiger partial charge < -0.3 is 10.3 Å². The number of benzene rings is 1. The Labute approximate surface area is 140 Å². The maximum absolute atomic E-state index is 11.4. The zero-order chi connectivity index (χ0) is 16.7. The van der Waals surface area contributed by atoms with Gasteiger partial charge in [0.2, 0.25) is 0 Å². The first-order chi connectivity index (χ1) is 11.6. The van der Waals surface area contributed by atoms with Gasteiger partial charge in [0.05, 0.1) is 17.5 Å². The Morgan fingerprint density at radius 3 is 2.79 bits per heavy atom. The standard InChI is InChI=1S/C19H20N4O/c1-11-3-4-15-16(5-6-20-19(15)12(11)2)23-14-7-13(8-14)17-9-18(24)22-10-21-17/h3-6,9-10,13-14H,7-8H2,1-2H3,(H,20,23)(H,21,22,24). The molecule has 0 unspecified atom stereocenters. The number of fused-ring (bicyclic) bond motifs is 1. The van der Waals surface area contributed by atoms with Crippen molar-refractivity contribution < 1.29 is 0 Å². The summed E-state index contributed by atoms with van der Waals surface area (Å²) in [5.74, 6) is 0.363. The summed E-state index contributed by atoms with van der Waals surface area (Å²) >= 11 is 0. The van der Waals surface area contributed by atoms with E-state index in [9.17, 15) is 4.79 Å². The lowest BCUT2D eigenvalue weighted by Crippen LogP contribution is -2.35.